The molecule has 0 aromatic carbocycles. The highest BCUT2D eigenvalue weighted by Gasteiger charge is 2.28. The maximum Gasteiger partial charge on any atom is 0.323 e. The van der Waals surface area contributed by atoms with Gasteiger partial charge in [-0.2, -0.15) is 0 Å². The minimum Gasteiger partial charge on any atom is -0.480 e. The summed E-state index contributed by atoms with van der Waals surface area (Å²) in [4.78, 5) is 24.5. The average Bonchev–Trinajstić information content (AvgIpc) is 2.30. The van der Waals surface area contributed by atoms with Crippen LogP contribution in [0.2, 0.25) is 0 Å². The smallest absolute Gasteiger partial charge is 0.323 e. The summed E-state index contributed by atoms with van der Waals surface area (Å²) < 4.78 is 0. The van der Waals surface area contributed by atoms with Crippen molar-refractivity contribution in [3.05, 3.63) is 0 Å². The number of carboxylic acids is 1. The fourth-order valence-corrected chi connectivity index (χ4v) is 2.95. The van der Waals surface area contributed by atoms with E-state index in [0.29, 0.717) is 18.4 Å². The average molecular weight is 284 g/mol. The van der Waals surface area contributed by atoms with Gasteiger partial charge in [0, 0.05) is 12.6 Å². The van der Waals surface area contributed by atoms with Crippen molar-refractivity contribution in [3.63, 3.8) is 0 Å². The number of hydrogen-bond acceptors (Lipinski definition) is 2. The predicted octanol–water partition coefficient (Wildman–Crippen LogP) is 2.56. The summed E-state index contributed by atoms with van der Waals surface area (Å²) in [5, 5.41) is 11.9. The summed E-state index contributed by atoms with van der Waals surface area (Å²) in [6, 6.07) is -0.0744. The van der Waals surface area contributed by atoms with E-state index in [-0.39, 0.29) is 24.5 Å². The van der Waals surface area contributed by atoms with Gasteiger partial charge in [-0.15, -0.1) is 0 Å². The van der Waals surface area contributed by atoms with E-state index in [2.05, 4.69) is 19.2 Å². The lowest BCUT2D eigenvalue weighted by molar-refractivity contribution is -0.137. The number of nitrogens with one attached hydrogen (secondary N) is 1. The molecule has 5 nitrogen and oxygen atoms in total. The van der Waals surface area contributed by atoms with Crippen LogP contribution in [-0.4, -0.2) is 41.1 Å². The van der Waals surface area contributed by atoms with E-state index >= 15 is 0 Å². The molecule has 1 fully saturated rings. The minimum atomic E-state index is -0.967. The summed E-state index contributed by atoms with van der Waals surface area (Å²) in [7, 11) is 0. The summed E-state index contributed by atoms with van der Waals surface area (Å²) in [6.07, 6.45) is 3.23. The van der Waals surface area contributed by atoms with E-state index in [1.165, 1.54) is 4.90 Å². The zero-order valence-electron chi connectivity index (χ0n) is 13.1. The molecule has 0 bridgehead atoms. The van der Waals surface area contributed by atoms with Gasteiger partial charge in [-0.25, -0.2) is 4.79 Å². The minimum absolute atomic E-state index is 0.169. The third-order valence-electron chi connectivity index (χ3n) is 3.94. The monoisotopic (exact) mass is 284 g/mol. The Balaban J connectivity index is 2.58. The van der Waals surface area contributed by atoms with Crippen molar-refractivity contribution in [2.75, 3.05) is 13.1 Å². The van der Waals surface area contributed by atoms with Crippen molar-refractivity contribution >= 4 is 12.0 Å². The molecule has 116 valence electrons. The van der Waals surface area contributed by atoms with Crippen LogP contribution < -0.4 is 5.32 Å². The van der Waals surface area contributed by atoms with Crippen molar-refractivity contribution in [1.82, 2.24) is 10.2 Å². The van der Waals surface area contributed by atoms with Crippen LogP contribution in [0.4, 0.5) is 4.79 Å². The van der Waals surface area contributed by atoms with Gasteiger partial charge in [0.05, 0.1) is 0 Å². The molecule has 2 N–H and O–H groups in total. The van der Waals surface area contributed by atoms with E-state index in [1.54, 1.807) is 0 Å². The summed E-state index contributed by atoms with van der Waals surface area (Å²) >= 11 is 0. The predicted molar refractivity (Wildman–Crippen MR) is 78.5 cm³/mol. The normalized spacial score (nSPS) is 26.4. The lowest BCUT2D eigenvalue weighted by Gasteiger charge is -2.35. The molecule has 1 rings (SSSR count). The van der Waals surface area contributed by atoms with Crippen LogP contribution in [-0.2, 0) is 4.79 Å². The third-order valence-corrected chi connectivity index (χ3v) is 3.94. The van der Waals surface area contributed by atoms with E-state index in [1.807, 2.05) is 13.8 Å². The highest BCUT2D eigenvalue weighted by molar-refractivity contribution is 5.80. The largest absolute Gasteiger partial charge is 0.480 e. The Kier molecular flexibility index (Phi) is 6.30. The van der Waals surface area contributed by atoms with Gasteiger partial charge < -0.3 is 15.3 Å². The first-order valence-corrected chi connectivity index (χ1v) is 7.56. The number of amides is 2. The number of carbonyl (C=O) groups excluding carboxylic acids is 1. The first kappa shape index (κ1) is 16.8. The van der Waals surface area contributed by atoms with Crippen molar-refractivity contribution in [3.8, 4) is 0 Å². The molecular weight excluding hydrogens is 256 g/mol. The van der Waals surface area contributed by atoms with Gasteiger partial charge in [-0.3, -0.25) is 4.79 Å². The number of aliphatic carboxylic acids is 1. The molecular formula is C15H28N2O3. The Morgan fingerprint density at radius 1 is 1.30 bits per heavy atom. The van der Waals surface area contributed by atoms with Crippen LogP contribution in [0.1, 0.15) is 47.0 Å². The van der Waals surface area contributed by atoms with E-state index < -0.39 is 5.97 Å². The van der Waals surface area contributed by atoms with E-state index in [4.69, 9.17) is 5.11 Å². The molecule has 5 heteroatoms. The summed E-state index contributed by atoms with van der Waals surface area (Å²) in [6.45, 7) is 8.59. The molecule has 0 aromatic rings. The molecule has 2 amide bonds. The first-order valence-electron chi connectivity index (χ1n) is 7.56. The van der Waals surface area contributed by atoms with Gasteiger partial charge in [0.2, 0.25) is 0 Å². The van der Waals surface area contributed by atoms with Gasteiger partial charge >= 0.3 is 12.0 Å². The molecule has 0 aliphatic heterocycles. The highest BCUT2D eigenvalue weighted by Crippen LogP contribution is 2.28. The van der Waals surface area contributed by atoms with Crippen LogP contribution in [0.5, 0.6) is 0 Å². The van der Waals surface area contributed by atoms with Gasteiger partial charge in [0.25, 0.3) is 0 Å². The maximum atomic E-state index is 12.3. The van der Waals surface area contributed by atoms with Crippen molar-refractivity contribution in [2.24, 2.45) is 17.8 Å². The molecule has 0 radical (unpaired) electrons. The zero-order valence-corrected chi connectivity index (χ0v) is 13.1. The summed E-state index contributed by atoms with van der Waals surface area (Å²) in [5.74, 6) is 0.451. The van der Waals surface area contributed by atoms with Gasteiger partial charge in [0.15, 0.2) is 0 Å². The molecule has 0 aromatic heterocycles. The number of carboxylic acid groups (broad SMARTS) is 1. The molecule has 0 spiro atoms. The lowest BCUT2D eigenvalue weighted by atomic mass is 9.80. The standard InChI is InChI=1S/C15H28N2O3/c1-10(2)8-17(9-14(18)19)15(20)16-13-6-5-11(3)7-12(13)4/h10-13H,5-9H2,1-4H3,(H,16,20)(H,18,19). The Morgan fingerprint density at radius 2 is 1.95 bits per heavy atom. The van der Waals surface area contributed by atoms with Crippen LogP contribution in [0.15, 0.2) is 0 Å². The molecule has 0 saturated heterocycles. The van der Waals surface area contributed by atoms with Crippen LogP contribution >= 0.6 is 0 Å². The number of urea groups is 1. The second kappa shape index (κ2) is 7.50. The van der Waals surface area contributed by atoms with Gasteiger partial charge in [0.1, 0.15) is 6.54 Å². The molecule has 1 saturated carbocycles. The van der Waals surface area contributed by atoms with Crippen LogP contribution in [0.25, 0.3) is 0 Å². The molecule has 1 aliphatic carbocycles. The van der Waals surface area contributed by atoms with E-state index in [9.17, 15) is 9.59 Å². The number of rotatable bonds is 5. The van der Waals surface area contributed by atoms with Crippen molar-refractivity contribution < 1.29 is 14.7 Å². The maximum absolute atomic E-state index is 12.3. The third kappa shape index (κ3) is 5.39. The topological polar surface area (TPSA) is 69.6 Å². The van der Waals surface area contributed by atoms with Crippen molar-refractivity contribution in [2.45, 2.75) is 53.0 Å². The number of hydrogen-bond donors (Lipinski definition) is 2. The first-order chi connectivity index (χ1) is 9.29. The highest BCUT2D eigenvalue weighted by atomic mass is 16.4. The Hall–Kier alpha value is -1.26. The Bertz CT molecular complexity index is 344. The number of carbonyl (C=O) groups is 2. The summed E-state index contributed by atoms with van der Waals surface area (Å²) in [5.41, 5.74) is 0. The zero-order chi connectivity index (χ0) is 15.3. The fraction of sp³-hybridized carbons (Fsp3) is 0.867. The van der Waals surface area contributed by atoms with E-state index in [0.717, 1.165) is 19.3 Å². The second-order valence-electron chi connectivity index (χ2n) is 6.62. The fourth-order valence-electron chi connectivity index (χ4n) is 2.95. The Labute approximate surface area is 121 Å². The van der Waals surface area contributed by atoms with Crippen molar-refractivity contribution in [1.29, 1.82) is 0 Å². The SMILES string of the molecule is CC(C)CN(CC(=O)O)C(=O)NC1CCC(C)CC1C. The molecule has 20 heavy (non-hydrogen) atoms. The number of nitrogens with zero attached hydrogens (tertiary/aromatic N) is 1. The molecule has 3 unspecified atom stereocenters. The molecule has 0 heterocycles. The van der Waals surface area contributed by atoms with Gasteiger partial charge in [-0.05, 0) is 37.0 Å². The Morgan fingerprint density at radius 3 is 2.45 bits per heavy atom. The lowest BCUT2D eigenvalue weighted by Crippen LogP contribution is -2.50. The van der Waals surface area contributed by atoms with Crippen LogP contribution in [0, 0.1) is 17.8 Å². The quantitative estimate of drug-likeness (QED) is 0.815. The van der Waals surface area contributed by atoms with Crippen LogP contribution in [0.3, 0.4) is 0 Å². The molecule has 3 atom stereocenters. The second-order valence-corrected chi connectivity index (χ2v) is 6.62. The molecule has 1 aliphatic rings. The van der Waals surface area contributed by atoms with Gasteiger partial charge in [-0.1, -0.05) is 27.7 Å².